The lowest BCUT2D eigenvalue weighted by Crippen LogP contribution is -2.00. The largest absolute Gasteiger partial charge is 0.456 e. The highest BCUT2D eigenvalue weighted by atomic mass is 16.3. The van der Waals surface area contributed by atoms with Crippen LogP contribution >= 0.6 is 0 Å². The number of nitrogens with zero attached hydrogens (tertiary/aromatic N) is 4. The number of hydrogen-bond acceptors (Lipinski definition) is 4. The van der Waals surface area contributed by atoms with Crippen molar-refractivity contribution in [3.63, 3.8) is 0 Å². The van der Waals surface area contributed by atoms with Crippen molar-refractivity contribution in [2.24, 2.45) is 0 Å². The summed E-state index contributed by atoms with van der Waals surface area (Å²) in [6.45, 7) is 0. The molecule has 0 radical (unpaired) electrons. The molecule has 234 valence electrons. The van der Waals surface area contributed by atoms with Gasteiger partial charge in [-0.3, -0.25) is 0 Å². The molecule has 0 spiro atoms. The monoisotopic (exact) mass is 652 g/mol. The van der Waals surface area contributed by atoms with E-state index in [1.165, 1.54) is 4.57 Å². The molecule has 5 heteroatoms. The Labute approximate surface area is 304 Å². The second kappa shape index (κ2) is 11.4. The number of furan rings is 1. The van der Waals surface area contributed by atoms with Crippen molar-refractivity contribution < 1.29 is 20.9 Å². The second-order valence-electron chi connectivity index (χ2n) is 11.5. The van der Waals surface area contributed by atoms with E-state index in [0.717, 1.165) is 11.1 Å². The van der Waals surface area contributed by atoms with Gasteiger partial charge in [0, 0.05) is 50.0 Å². The van der Waals surface area contributed by atoms with Crippen molar-refractivity contribution in [2.75, 3.05) is 0 Å². The van der Waals surface area contributed by atoms with Crippen LogP contribution in [0.5, 0.6) is 0 Å². The van der Waals surface area contributed by atoms with Gasteiger partial charge in [-0.1, -0.05) is 133 Å². The van der Waals surface area contributed by atoms with Crippen LogP contribution < -0.4 is 0 Å². The van der Waals surface area contributed by atoms with Gasteiger partial charge in [-0.15, -0.1) is 0 Å². The molecule has 10 rings (SSSR count). The maximum atomic E-state index is 9.59. The molecule has 7 aromatic carbocycles. The SMILES string of the molecule is [2H]c1c([2H])c([2H])c(-c2c([2H])c([2H])c3c4c([2H])c([2H])c([2H])c([2H])c4n(-c4ccc5c(c4)oc4cccc(-c6nc(-c7ccccc7)nc(-c7ccccc7)n6)c45)c3c2[2H])c([2H])c1[2H]. The Morgan fingerprint density at radius 2 is 1.16 bits per heavy atom. The van der Waals surface area contributed by atoms with Crippen LogP contribution in [0.1, 0.15) is 16.4 Å². The van der Waals surface area contributed by atoms with Gasteiger partial charge >= 0.3 is 0 Å². The van der Waals surface area contributed by atoms with Gasteiger partial charge in [0.15, 0.2) is 17.5 Å². The number of rotatable bonds is 5. The number of aromatic nitrogens is 4. The highest BCUT2D eigenvalue weighted by Crippen LogP contribution is 2.39. The predicted octanol–water partition coefficient (Wildman–Crippen LogP) is 11.5. The fraction of sp³-hybridized carbons (Fsp3) is 0. The fourth-order valence-electron chi connectivity index (χ4n) is 6.34. The molecule has 0 N–H and O–H groups in total. The summed E-state index contributed by atoms with van der Waals surface area (Å²) in [4.78, 5) is 14.7. The van der Waals surface area contributed by atoms with E-state index < -0.39 is 83.6 Å². The van der Waals surface area contributed by atoms with E-state index in [4.69, 9.17) is 33.1 Å². The van der Waals surface area contributed by atoms with Gasteiger partial charge in [0.2, 0.25) is 0 Å². The molecule has 0 atom stereocenters. The van der Waals surface area contributed by atoms with Crippen LogP contribution in [0.2, 0.25) is 0 Å². The first kappa shape index (κ1) is 18.6. The van der Waals surface area contributed by atoms with Gasteiger partial charge in [-0.2, -0.15) is 0 Å². The van der Waals surface area contributed by atoms with Crippen LogP contribution in [-0.4, -0.2) is 19.5 Å². The molecular formula is C45H28N4O. The molecule has 0 unspecified atom stereocenters. The summed E-state index contributed by atoms with van der Waals surface area (Å²) in [5.41, 5.74) is 2.24. The average molecular weight is 653 g/mol. The molecule has 5 nitrogen and oxygen atoms in total. The first-order chi connectivity index (χ1) is 29.8. The minimum absolute atomic E-state index is 0.0890. The Morgan fingerprint density at radius 3 is 1.92 bits per heavy atom. The lowest BCUT2D eigenvalue weighted by Gasteiger charge is -2.10. The number of hydrogen-bond donors (Lipinski definition) is 0. The van der Waals surface area contributed by atoms with Gasteiger partial charge in [-0.05, 0) is 41.4 Å². The van der Waals surface area contributed by atoms with E-state index in [-0.39, 0.29) is 27.5 Å². The van der Waals surface area contributed by atoms with E-state index in [2.05, 4.69) is 0 Å². The third-order valence-electron chi connectivity index (χ3n) is 8.59. The quantitative estimate of drug-likeness (QED) is 0.186. The van der Waals surface area contributed by atoms with Crippen molar-refractivity contribution in [1.29, 1.82) is 0 Å². The molecule has 0 aliphatic rings. The maximum Gasteiger partial charge on any atom is 0.164 e. The zero-order valence-corrected chi connectivity index (χ0v) is 25.9. The van der Waals surface area contributed by atoms with Gasteiger partial charge < -0.3 is 8.98 Å². The third-order valence-corrected chi connectivity index (χ3v) is 8.59. The first-order valence-corrected chi connectivity index (χ1v) is 15.7. The van der Waals surface area contributed by atoms with Crippen LogP contribution in [0.15, 0.2) is 174 Å². The first-order valence-electron chi connectivity index (χ1n) is 21.7. The number of benzene rings is 7. The standard InChI is InChI=1S/C45H28N4O/c1-4-13-29(14-5-1)32-23-25-35-34-19-10-11-21-38(34)49(39(35)27-32)33-24-26-36-41(28-33)50-40-22-12-20-37(42(36)40)45-47-43(30-15-6-2-7-16-30)46-44(48-45)31-17-8-3-9-18-31/h1-28H/i1D,4D,5D,10D,11D,13D,14D,19D,21D,23D,25D,27D. The van der Waals surface area contributed by atoms with Crippen LogP contribution in [0.3, 0.4) is 0 Å². The molecule has 0 amide bonds. The van der Waals surface area contributed by atoms with Crippen molar-refractivity contribution in [1.82, 2.24) is 19.5 Å². The van der Waals surface area contributed by atoms with Crippen LogP contribution in [0.25, 0.3) is 94.7 Å². The molecule has 0 aliphatic carbocycles. The van der Waals surface area contributed by atoms with Gasteiger partial charge in [-0.25, -0.2) is 15.0 Å². The van der Waals surface area contributed by atoms with Crippen molar-refractivity contribution in [2.45, 2.75) is 0 Å². The summed E-state index contributed by atoms with van der Waals surface area (Å²) in [6.07, 6.45) is 0. The fourth-order valence-corrected chi connectivity index (χ4v) is 6.34. The Hall–Kier alpha value is -6.85. The van der Waals surface area contributed by atoms with E-state index in [9.17, 15) is 2.74 Å². The Morgan fingerprint density at radius 1 is 0.480 bits per heavy atom. The van der Waals surface area contributed by atoms with Gasteiger partial charge in [0.1, 0.15) is 11.2 Å². The average Bonchev–Trinajstić information content (AvgIpc) is 3.86. The number of fused-ring (bicyclic) bond motifs is 6. The lowest BCUT2D eigenvalue weighted by molar-refractivity contribution is 0.668. The minimum Gasteiger partial charge on any atom is -0.456 e. The summed E-state index contributed by atoms with van der Waals surface area (Å²) in [5.74, 6) is 1.33. The molecule has 0 aliphatic heterocycles. The summed E-state index contributed by atoms with van der Waals surface area (Å²) < 4.78 is 113. The molecule has 3 heterocycles. The van der Waals surface area contributed by atoms with E-state index in [1.807, 2.05) is 72.8 Å². The number of para-hydroxylation sites is 1. The highest BCUT2D eigenvalue weighted by molar-refractivity contribution is 6.13. The summed E-state index contributed by atoms with van der Waals surface area (Å²) in [7, 11) is 0. The predicted molar refractivity (Wildman–Crippen MR) is 203 cm³/mol. The highest BCUT2D eigenvalue weighted by Gasteiger charge is 2.19. The summed E-state index contributed by atoms with van der Waals surface area (Å²) in [5, 5.41) is 1.07. The van der Waals surface area contributed by atoms with Crippen molar-refractivity contribution in [3.8, 4) is 51.0 Å². The Bertz CT molecular complexity index is 3470. The maximum absolute atomic E-state index is 9.59. The topological polar surface area (TPSA) is 56.7 Å². The smallest absolute Gasteiger partial charge is 0.164 e. The van der Waals surface area contributed by atoms with Crippen molar-refractivity contribution in [3.05, 3.63) is 170 Å². The third kappa shape index (κ3) is 4.60. The van der Waals surface area contributed by atoms with Crippen LogP contribution in [-0.2, 0) is 0 Å². The lowest BCUT2D eigenvalue weighted by atomic mass is 10.0. The van der Waals surface area contributed by atoms with Gasteiger partial charge in [0.25, 0.3) is 0 Å². The van der Waals surface area contributed by atoms with Crippen LogP contribution in [0.4, 0.5) is 0 Å². The van der Waals surface area contributed by atoms with Crippen molar-refractivity contribution >= 4 is 43.7 Å². The summed E-state index contributed by atoms with van der Waals surface area (Å²) >= 11 is 0. The van der Waals surface area contributed by atoms with Crippen LogP contribution in [0, 0.1) is 0 Å². The molecule has 0 saturated carbocycles. The van der Waals surface area contributed by atoms with E-state index in [1.54, 1.807) is 24.3 Å². The molecular weight excluding hydrogens is 613 g/mol. The zero-order valence-electron chi connectivity index (χ0n) is 37.9. The molecule has 0 bridgehead atoms. The van der Waals surface area contributed by atoms with E-state index >= 15 is 0 Å². The Balaban J connectivity index is 1.26. The minimum atomic E-state index is -0.689. The molecule has 0 saturated heterocycles. The van der Waals surface area contributed by atoms with Gasteiger partial charge in [0.05, 0.1) is 27.5 Å². The molecule has 3 aromatic heterocycles. The zero-order chi connectivity index (χ0) is 43.5. The molecule has 10 aromatic rings. The van der Waals surface area contributed by atoms with E-state index in [0.29, 0.717) is 45.0 Å². The normalized spacial score (nSPS) is 15.0. The second-order valence-corrected chi connectivity index (χ2v) is 11.5. The summed E-state index contributed by atoms with van der Waals surface area (Å²) in [6, 6.07) is 22.5. The Kier molecular flexibility index (Phi) is 4.24. The molecule has 50 heavy (non-hydrogen) atoms. The molecule has 0 fully saturated rings.